The fourth-order valence-electron chi connectivity index (χ4n) is 5.29. The van der Waals surface area contributed by atoms with E-state index < -0.39 is 15.9 Å². The molecule has 1 aliphatic heterocycles. The highest BCUT2D eigenvalue weighted by atomic mass is 32.2. The number of nitrogens with one attached hydrogen (secondary N) is 1. The second-order valence-corrected chi connectivity index (χ2v) is 12.2. The third-order valence-electron chi connectivity index (χ3n) is 7.62. The van der Waals surface area contributed by atoms with E-state index in [1.54, 1.807) is 30.0 Å². The summed E-state index contributed by atoms with van der Waals surface area (Å²) in [4.78, 5) is 20.1. The van der Waals surface area contributed by atoms with E-state index in [-0.39, 0.29) is 36.2 Å². The molecule has 0 unspecified atom stereocenters. The lowest BCUT2D eigenvalue weighted by Crippen LogP contribution is -2.36. The Bertz CT molecular complexity index is 1430. The zero-order valence-electron chi connectivity index (χ0n) is 22.0. The molecule has 1 amide bonds. The molecule has 0 atom stereocenters. The van der Waals surface area contributed by atoms with Crippen molar-refractivity contribution >= 4 is 32.7 Å². The van der Waals surface area contributed by atoms with Crippen LogP contribution in [0.25, 0.3) is 16.7 Å². The minimum absolute atomic E-state index is 0.0127. The number of hydrogen-bond donors (Lipinski definition) is 2. The Kier molecular flexibility index (Phi) is 8.15. The highest BCUT2D eigenvalue weighted by Crippen LogP contribution is 2.43. The van der Waals surface area contributed by atoms with E-state index in [1.165, 1.54) is 12.1 Å². The van der Waals surface area contributed by atoms with Crippen LogP contribution in [0.5, 0.6) is 0 Å². The molecule has 3 heterocycles. The molecule has 2 aliphatic rings. The molecule has 2 N–H and O–H groups in total. The van der Waals surface area contributed by atoms with Crippen LogP contribution in [0.1, 0.15) is 60.6 Å². The number of pyridine rings is 1. The number of carbonyl (C=O) groups is 1. The molecule has 2 aromatic heterocycles. The Morgan fingerprint density at radius 3 is 2.51 bits per heavy atom. The first-order chi connectivity index (χ1) is 18.8. The zero-order chi connectivity index (χ0) is 27.6. The Morgan fingerprint density at radius 1 is 1.18 bits per heavy atom. The Balaban J connectivity index is 1.63. The van der Waals surface area contributed by atoms with Crippen molar-refractivity contribution in [3.63, 3.8) is 0 Å². The smallest absolute Gasteiger partial charge is 0.283 e. The van der Waals surface area contributed by atoms with E-state index in [0.29, 0.717) is 23.9 Å². The summed E-state index contributed by atoms with van der Waals surface area (Å²) >= 11 is 0. The van der Waals surface area contributed by atoms with Crippen LogP contribution in [0.15, 0.2) is 30.3 Å². The molecule has 5 rings (SSSR count). The topological polar surface area (TPSA) is 127 Å². The fraction of sp³-hybridized carbons (Fsp3) is 0.519. The Labute approximate surface area is 227 Å². The number of ether oxygens (including phenoxy) is 1. The van der Waals surface area contributed by atoms with Crippen LogP contribution in [0.4, 0.5) is 10.1 Å². The molecule has 39 heavy (non-hydrogen) atoms. The van der Waals surface area contributed by atoms with Crippen molar-refractivity contribution in [3.05, 3.63) is 47.5 Å². The minimum Gasteiger partial charge on any atom is -0.396 e. The van der Waals surface area contributed by atoms with Crippen LogP contribution in [0, 0.1) is 11.7 Å². The maximum Gasteiger partial charge on any atom is 0.283 e. The lowest BCUT2D eigenvalue weighted by Gasteiger charge is -2.34. The number of nitrogens with zero attached hydrogens (tertiary/aromatic N) is 4. The van der Waals surface area contributed by atoms with Crippen LogP contribution >= 0.6 is 0 Å². The van der Waals surface area contributed by atoms with Gasteiger partial charge in [0.1, 0.15) is 11.5 Å². The first kappa shape index (κ1) is 27.5. The maximum absolute atomic E-state index is 13.7. The van der Waals surface area contributed by atoms with Crippen LogP contribution in [0.3, 0.4) is 0 Å². The van der Waals surface area contributed by atoms with Crippen molar-refractivity contribution in [1.29, 1.82) is 0 Å². The largest absolute Gasteiger partial charge is 0.396 e. The summed E-state index contributed by atoms with van der Waals surface area (Å²) in [5.74, 6) is -0.913. The Morgan fingerprint density at radius 2 is 1.90 bits per heavy atom. The van der Waals surface area contributed by atoms with Gasteiger partial charge in [0, 0.05) is 39.3 Å². The van der Waals surface area contributed by atoms with Crippen LogP contribution < -0.4 is 9.62 Å². The van der Waals surface area contributed by atoms with Crippen molar-refractivity contribution < 1.29 is 27.4 Å². The number of aromatic nitrogens is 3. The number of rotatable bonds is 10. The zero-order valence-corrected chi connectivity index (χ0v) is 22.8. The number of benzene rings is 1. The fourth-order valence-corrected chi connectivity index (χ4v) is 6.29. The average molecular weight is 560 g/mol. The number of fused-ring (bicyclic) bond motifs is 1. The summed E-state index contributed by atoms with van der Waals surface area (Å²) in [7, 11) is -2.26. The quantitative estimate of drug-likeness (QED) is 0.388. The molecule has 1 saturated carbocycles. The number of anilines is 1. The number of methoxy groups -OCH3 is 1. The normalized spacial score (nSPS) is 16.9. The summed E-state index contributed by atoms with van der Waals surface area (Å²) in [6.07, 6.45) is 4.94. The van der Waals surface area contributed by atoms with E-state index in [2.05, 4.69) is 14.6 Å². The van der Waals surface area contributed by atoms with E-state index >= 15 is 0 Å². The van der Waals surface area contributed by atoms with Crippen molar-refractivity contribution in [3.8, 4) is 5.69 Å². The summed E-state index contributed by atoms with van der Waals surface area (Å²) in [5, 5.41) is 14.8. The van der Waals surface area contributed by atoms with Gasteiger partial charge in [-0.1, -0.05) is 6.42 Å². The number of sulfonamides is 1. The van der Waals surface area contributed by atoms with Crippen LogP contribution in [-0.4, -0.2) is 73.4 Å². The second kappa shape index (κ2) is 11.6. The molecule has 0 radical (unpaired) electrons. The van der Waals surface area contributed by atoms with Gasteiger partial charge in [-0.2, -0.15) is 5.10 Å². The van der Waals surface area contributed by atoms with Gasteiger partial charge in [0.25, 0.3) is 5.91 Å². The van der Waals surface area contributed by atoms with Gasteiger partial charge in [0.05, 0.1) is 28.2 Å². The van der Waals surface area contributed by atoms with Gasteiger partial charge in [0.15, 0.2) is 5.65 Å². The predicted molar refractivity (Wildman–Crippen MR) is 145 cm³/mol. The number of piperidine rings is 1. The third-order valence-corrected chi connectivity index (χ3v) is 8.94. The molecule has 2 fully saturated rings. The SMILES string of the molecule is COCC1CCN(c2cc(C(=O)NS(=O)(=O)CCCO)nc3c2c(C2CCC2)nn3-c2ccc(F)cc2)CC1. The van der Waals surface area contributed by atoms with Gasteiger partial charge in [-0.15, -0.1) is 0 Å². The van der Waals surface area contributed by atoms with Crippen LogP contribution in [0.2, 0.25) is 0 Å². The number of aliphatic hydroxyl groups excluding tert-OH is 1. The summed E-state index contributed by atoms with van der Waals surface area (Å²) < 4.78 is 47.7. The molecule has 1 aliphatic carbocycles. The van der Waals surface area contributed by atoms with Crippen molar-refractivity contribution in [2.24, 2.45) is 5.92 Å². The number of hydrogen-bond acceptors (Lipinski definition) is 8. The number of aliphatic hydroxyl groups is 1. The standard InChI is InChI=1S/C27H34FN5O5S/c1-38-17-18-10-12-32(13-11-18)23-16-22(27(35)31-39(36,37)15-3-14-34)29-26-24(23)25(19-4-2-5-19)30-33(26)21-8-6-20(28)7-9-21/h6-9,16,18-19,34H,2-5,10-15,17H2,1H3,(H,31,35). The lowest BCUT2D eigenvalue weighted by atomic mass is 9.82. The molecule has 0 bridgehead atoms. The van der Waals surface area contributed by atoms with Gasteiger partial charge in [0.2, 0.25) is 10.0 Å². The predicted octanol–water partition coefficient (Wildman–Crippen LogP) is 3.13. The highest BCUT2D eigenvalue weighted by Gasteiger charge is 2.32. The number of halogens is 1. The van der Waals surface area contributed by atoms with Crippen molar-refractivity contribution in [1.82, 2.24) is 19.5 Å². The number of carbonyl (C=O) groups excluding carboxylic acids is 1. The van der Waals surface area contributed by atoms with E-state index in [0.717, 1.165) is 62.0 Å². The van der Waals surface area contributed by atoms with E-state index in [1.807, 2.05) is 0 Å². The summed E-state index contributed by atoms with van der Waals surface area (Å²) in [6, 6.07) is 7.57. The van der Waals surface area contributed by atoms with Crippen molar-refractivity contribution in [2.75, 3.05) is 44.1 Å². The molecular formula is C27H34FN5O5S. The number of amides is 1. The molecular weight excluding hydrogens is 525 g/mol. The van der Waals surface area contributed by atoms with Gasteiger partial charge in [-0.3, -0.25) is 4.79 Å². The van der Waals surface area contributed by atoms with Gasteiger partial charge in [-0.25, -0.2) is 27.2 Å². The monoisotopic (exact) mass is 559 g/mol. The first-order valence-corrected chi connectivity index (χ1v) is 15.0. The second-order valence-electron chi connectivity index (χ2n) is 10.3. The van der Waals surface area contributed by atoms with Crippen molar-refractivity contribution in [2.45, 2.75) is 44.4 Å². The summed E-state index contributed by atoms with van der Waals surface area (Å²) in [5.41, 5.74) is 2.66. The molecule has 1 saturated heterocycles. The average Bonchev–Trinajstić information content (AvgIpc) is 3.26. The highest BCUT2D eigenvalue weighted by molar-refractivity contribution is 7.90. The third kappa shape index (κ3) is 5.92. The first-order valence-electron chi connectivity index (χ1n) is 13.4. The van der Waals surface area contributed by atoms with Gasteiger partial charge in [-0.05, 0) is 68.4 Å². The van der Waals surface area contributed by atoms with Gasteiger partial charge < -0.3 is 14.7 Å². The van der Waals surface area contributed by atoms with E-state index in [4.69, 9.17) is 14.9 Å². The lowest BCUT2D eigenvalue weighted by molar-refractivity contribution is 0.0976. The molecule has 10 nitrogen and oxygen atoms in total. The summed E-state index contributed by atoms with van der Waals surface area (Å²) in [6.45, 7) is 1.88. The van der Waals surface area contributed by atoms with Gasteiger partial charge >= 0.3 is 0 Å². The van der Waals surface area contributed by atoms with E-state index in [9.17, 15) is 17.6 Å². The Hall–Kier alpha value is -3.09. The molecule has 12 heteroatoms. The molecule has 0 spiro atoms. The van der Waals surface area contributed by atoms with Crippen LogP contribution in [-0.2, 0) is 14.8 Å². The maximum atomic E-state index is 13.7. The molecule has 1 aromatic carbocycles. The molecule has 3 aromatic rings. The minimum atomic E-state index is -3.96. The molecule has 210 valence electrons.